The highest BCUT2D eigenvalue weighted by Crippen LogP contribution is 2.28. The molecule has 0 bridgehead atoms. The Kier molecular flexibility index (Phi) is 7.43. The van der Waals surface area contributed by atoms with E-state index < -0.39 is 5.97 Å². The molecule has 0 aliphatic rings. The molecular weight excluding hydrogens is 394 g/mol. The Morgan fingerprint density at radius 1 is 1.23 bits per heavy atom. The molecule has 7 nitrogen and oxygen atoms in total. The van der Waals surface area contributed by atoms with E-state index in [4.69, 9.17) is 14.7 Å². The molecule has 3 aromatic rings. The minimum atomic E-state index is -0.899. The van der Waals surface area contributed by atoms with E-state index in [1.54, 1.807) is 6.07 Å². The van der Waals surface area contributed by atoms with Gasteiger partial charge in [0.25, 0.3) is 0 Å². The smallest absolute Gasteiger partial charge is 0.304 e. The predicted molar refractivity (Wildman–Crippen MR) is 119 cm³/mol. The first-order valence-corrected chi connectivity index (χ1v) is 10.2. The zero-order chi connectivity index (χ0) is 22.2. The van der Waals surface area contributed by atoms with E-state index in [-0.39, 0.29) is 12.3 Å². The van der Waals surface area contributed by atoms with Crippen LogP contribution in [-0.4, -0.2) is 29.0 Å². The van der Waals surface area contributed by atoms with Crippen LogP contribution in [0, 0.1) is 11.3 Å². The molecule has 0 fully saturated rings. The molecule has 1 atom stereocenters. The van der Waals surface area contributed by atoms with Gasteiger partial charge in [0.1, 0.15) is 18.6 Å². The van der Waals surface area contributed by atoms with Crippen molar-refractivity contribution in [2.75, 3.05) is 11.9 Å². The number of rotatable bonds is 11. The molecule has 1 aromatic heterocycles. The van der Waals surface area contributed by atoms with Crippen LogP contribution in [0.1, 0.15) is 48.6 Å². The number of carboxylic acid groups (broad SMARTS) is 1. The third-order valence-electron chi connectivity index (χ3n) is 4.86. The van der Waals surface area contributed by atoms with Crippen molar-refractivity contribution in [2.45, 2.75) is 32.8 Å². The highest BCUT2D eigenvalue weighted by Gasteiger charge is 2.20. The summed E-state index contributed by atoms with van der Waals surface area (Å²) in [5, 5.41) is 24.1. The van der Waals surface area contributed by atoms with Crippen molar-refractivity contribution in [1.82, 2.24) is 5.16 Å². The van der Waals surface area contributed by atoms with Gasteiger partial charge in [0.15, 0.2) is 0 Å². The summed E-state index contributed by atoms with van der Waals surface area (Å²) in [6, 6.07) is 14.9. The maximum Gasteiger partial charge on any atom is 0.304 e. The molecule has 7 heteroatoms. The Bertz CT molecular complexity index is 998. The monoisotopic (exact) mass is 421 g/mol. The number of carboxylic acids is 1. The Morgan fingerprint density at radius 3 is 2.61 bits per heavy atom. The standard InChI is InChI=1S/C24H27N3O4/c1-16(2)14-26-23-11-17(3-4-19(23)13-25)15-30-20-7-5-18(6-8-20)21(12-24(28)29)22-9-10-31-27-22/h3-11,13,16,21,25-26H,12,14-15H2,1-2H3,(H,28,29)/t21-/m0/s1. The number of aliphatic carboxylic acids is 1. The summed E-state index contributed by atoms with van der Waals surface area (Å²) in [6.45, 7) is 5.49. The van der Waals surface area contributed by atoms with Gasteiger partial charge in [-0.15, -0.1) is 0 Å². The van der Waals surface area contributed by atoms with Crippen LogP contribution < -0.4 is 10.1 Å². The van der Waals surface area contributed by atoms with Crippen molar-refractivity contribution < 1.29 is 19.2 Å². The van der Waals surface area contributed by atoms with Gasteiger partial charge in [-0.1, -0.05) is 43.3 Å². The molecule has 0 radical (unpaired) electrons. The molecule has 0 aliphatic heterocycles. The molecule has 2 aromatic carbocycles. The summed E-state index contributed by atoms with van der Waals surface area (Å²) in [5.74, 6) is -0.0952. The summed E-state index contributed by atoms with van der Waals surface area (Å²) in [5.41, 5.74) is 4.17. The second-order valence-corrected chi connectivity index (χ2v) is 7.77. The number of ether oxygens (including phenoxy) is 1. The Labute approximate surface area is 181 Å². The van der Waals surface area contributed by atoms with Crippen molar-refractivity contribution in [2.24, 2.45) is 5.92 Å². The van der Waals surface area contributed by atoms with Crippen molar-refractivity contribution >= 4 is 17.9 Å². The number of anilines is 1. The topological polar surface area (TPSA) is 108 Å². The van der Waals surface area contributed by atoms with E-state index in [1.165, 1.54) is 12.5 Å². The van der Waals surface area contributed by atoms with E-state index in [1.807, 2.05) is 42.5 Å². The number of nitrogens with one attached hydrogen (secondary N) is 2. The van der Waals surface area contributed by atoms with Crippen LogP contribution in [0.3, 0.4) is 0 Å². The van der Waals surface area contributed by atoms with E-state index in [0.717, 1.165) is 28.9 Å². The fourth-order valence-corrected chi connectivity index (χ4v) is 3.22. The van der Waals surface area contributed by atoms with Gasteiger partial charge in [-0.05, 0) is 35.2 Å². The molecule has 1 heterocycles. The van der Waals surface area contributed by atoms with Gasteiger partial charge in [-0.2, -0.15) is 0 Å². The largest absolute Gasteiger partial charge is 0.489 e. The third kappa shape index (κ3) is 6.18. The molecule has 3 rings (SSSR count). The highest BCUT2D eigenvalue weighted by molar-refractivity contribution is 5.86. The first kappa shape index (κ1) is 22.1. The van der Waals surface area contributed by atoms with Crippen molar-refractivity contribution in [3.05, 3.63) is 77.2 Å². The molecule has 31 heavy (non-hydrogen) atoms. The zero-order valence-corrected chi connectivity index (χ0v) is 17.7. The van der Waals surface area contributed by atoms with Crippen LogP contribution in [0.2, 0.25) is 0 Å². The van der Waals surface area contributed by atoms with Gasteiger partial charge in [-0.3, -0.25) is 4.79 Å². The lowest BCUT2D eigenvalue weighted by molar-refractivity contribution is -0.137. The van der Waals surface area contributed by atoms with Gasteiger partial charge in [0, 0.05) is 36.0 Å². The summed E-state index contributed by atoms with van der Waals surface area (Å²) >= 11 is 0. The fraction of sp³-hybridized carbons (Fsp3) is 0.292. The Balaban J connectivity index is 1.68. The number of carbonyl (C=O) groups is 1. The number of nitrogens with zero attached hydrogens (tertiary/aromatic N) is 1. The van der Waals surface area contributed by atoms with E-state index in [0.29, 0.717) is 24.0 Å². The molecule has 0 spiro atoms. The van der Waals surface area contributed by atoms with Gasteiger partial charge in [-0.25, -0.2) is 0 Å². The van der Waals surface area contributed by atoms with Crippen LogP contribution in [-0.2, 0) is 11.4 Å². The lowest BCUT2D eigenvalue weighted by Gasteiger charge is -2.15. The van der Waals surface area contributed by atoms with Crippen LogP contribution >= 0.6 is 0 Å². The van der Waals surface area contributed by atoms with Crippen LogP contribution in [0.15, 0.2) is 59.3 Å². The molecule has 0 saturated carbocycles. The third-order valence-corrected chi connectivity index (χ3v) is 4.86. The number of aromatic nitrogens is 1. The van der Waals surface area contributed by atoms with Gasteiger partial charge < -0.3 is 25.1 Å². The van der Waals surface area contributed by atoms with Gasteiger partial charge in [0.05, 0.1) is 12.1 Å². The van der Waals surface area contributed by atoms with E-state index in [2.05, 4.69) is 24.3 Å². The van der Waals surface area contributed by atoms with E-state index in [9.17, 15) is 9.90 Å². The minimum absolute atomic E-state index is 0.0712. The molecule has 0 saturated heterocycles. The fourth-order valence-electron chi connectivity index (χ4n) is 3.22. The number of benzene rings is 2. The summed E-state index contributed by atoms with van der Waals surface area (Å²) in [6.07, 6.45) is 2.71. The van der Waals surface area contributed by atoms with Crippen LogP contribution in [0.25, 0.3) is 0 Å². The summed E-state index contributed by atoms with van der Waals surface area (Å²) in [4.78, 5) is 11.3. The minimum Gasteiger partial charge on any atom is -0.489 e. The maximum atomic E-state index is 11.3. The van der Waals surface area contributed by atoms with Crippen molar-refractivity contribution in [1.29, 1.82) is 5.41 Å². The summed E-state index contributed by atoms with van der Waals surface area (Å²) in [7, 11) is 0. The molecular formula is C24H27N3O4. The Hall–Kier alpha value is -3.61. The number of hydrogen-bond acceptors (Lipinski definition) is 6. The molecule has 3 N–H and O–H groups in total. The molecule has 0 amide bonds. The molecule has 0 aliphatic carbocycles. The van der Waals surface area contributed by atoms with Gasteiger partial charge in [0.2, 0.25) is 0 Å². The first-order chi connectivity index (χ1) is 15.0. The molecule has 162 valence electrons. The average molecular weight is 421 g/mol. The quantitative estimate of drug-likeness (QED) is 0.379. The molecule has 0 unspecified atom stereocenters. The highest BCUT2D eigenvalue weighted by atomic mass is 16.5. The second kappa shape index (κ2) is 10.4. The van der Waals surface area contributed by atoms with Crippen LogP contribution in [0.4, 0.5) is 5.69 Å². The zero-order valence-electron chi connectivity index (χ0n) is 17.7. The SMILES string of the molecule is CC(C)CNc1cc(COc2ccc([C@H](CC(=O)O)c3ccon3)cc2)ccc1C=N. The maximum absolute atomic E-state index is 11.3. The average Bonchev–Trinajstić information content (AvgIpc) is 3.29. The van der Waals surface area contributed by atoms with Crippen LogP contribution in [0.5, 0.6) is 5.75 Å². The van der Waals surface area contributed by atoms with E-state index >= 15 is 0 Å². The van der Waals surface area contributed by atoms with Crippen molar-refractivity contribution in [3.63, 3.8) is 0 Å². The second-order valence-electron chi connectivity index (χ2n) is 7.77. The Morgan fingerprint density at radius 2 is 2.00 bits per heavy atom. The number of hydrogen-bond donors (Lipinski definition) is 3. The lowest BCUT2D eigenvalue weighted by atomic mass is 9.92. The first-order valence-electron chi connectivity index (χ1n) is 10.2. The van der Waals surface area contributed by atoms with Gasteiger partial charge >= 0.3 is 5.97 Å². The summed E-state index contributed by atoms with van der Waals surface area (Å²) < 4.78 is 10.8. The lowest BCUT2D eigenvalue weighted by Crippen LogP contribution is -2.10. The predicted octanol–water partition coefficient (Wildman–Crippen LogP) is 4.93. The normalized spacial score (nSPS) is 11.8. The van der Waals surface area contributed by atoms with Crippen molar-refractivity contribution in [3.8, 4) is 5.75 Å².